The molecule has 0 aromatic carbocycles. The maximum absolute atomic E-state index is 5.65. The van der Waals surface area contributed by atoms with E-state index in [0.717, 1.165) is 31.2 Å². The van der Waals surface area contributed by atoms with E-state index >= 15 is 0 Å². The molecule has 0 spiro atoms. The molecule has 0 aliphatic carbocycles. The maximum atomic E-state index is 5.65. The maximum Gasteiger partial charge on any atom is 0.218 e. The molecule has 7 nitrogen and oxygen atoms in total. The number of nitrogens with zero attached hydrogens (tertiary/aromatic N) is 3. The second-order valence-electron chi connectivity index (χ2n) is 5.35. The number of nitrogens with one attached hydrogen (secondary N) is 2. The minimum atomic E-state index is 0.472. The summed E-state index contributed by atoms with van der Waals surface area (Å²) in [5.41, 5.74) is 0.946. The van der Waals surface area contributed by atoms with Crippen LogP contribution in [0.25, 0.3) is 0 Å². The third-order valence-electron chi connectivity index (χ3n) is 3.46. The number of ether oxygens (including phenoxy) is 2. The van der Waals surface area contributed by atoms with Gasteiger partial charge in [-0.25, -0.2) is 9.98 Å². The number of aromatic nitrogens is 2. The van der Waals surface area contributed by atoms with E-state index in [0.29, 0.717) is 25.6 Å². The molecule has 136 valence electrons. The highest BCUT2D eigenvalue weighted by atomic mass is 16.5. The summed E-state index contributed by atoms with van der Waals surface area (Å²) in [5.74, 6) is 1.38. The minimum Gasteiger partial charge on any atom is -0.475 e. The van der Waals surface area contributed by atoms with Gasteiger partial charge in [0.1, 0.15) is 6.61 Å². The Morgan fingerprint density at radius 2 is 2.04 bits per heavy atom. The zero-order valence-electron chi connectivity index (χ0n) is 14.9. The second-order valence-corrected chi connectivity index (χ2v) is 5.35. The van der Waals surface area contributed by atoms with E-state index in [9.17, 15) is 0 Å². The van der Waals surface area contributed by atoms with E-state index in [-0.39, 0.29) is 0 Å². The molecule has 0 atom stereocenters. The Morgan fingerprint density at radius 1 is 1.20 bits per heavy atom. The number of rotatable bonds is 10. The van der Waals surface area contributed by atoms with Gasteiger partial charge in [-0.2, -0.15) is 0 Å². The van der Waals surface area contributed by atoms with Gasteiger partial charge in [-0.05, 0) is 25.1 Å². The van der Waals surface area contributed by atoms with Gasteiger partial charge in [0.05, 0.1) is 13.2 Å². The van der Waals surface area contributed by atoms with Crippen LogP contribution in [0.4, 0.5) is 0 Å². The fourth-order valence-corrected chi connectivity index (χ4v) is 2.22. The van der Waals surface area contributed by atoms with Gasteiger partial charge < -0.3 is 24.7 Å². The molecule has 0 fully saturated rings. The lowest BCUT2D eigenvalue weighted by Crippen LogP contribution is -2.38. The van der Waals surface area contributed by atoms with E-state index in [1.807, 2.05) is 43.6 Å². The van der Waals surface area contributed by atoms with Gasteiger partial charge in [0, 0.05) is 50.9 Å². The normalized spacial score (nSPS) is 11.4. The molecular weight excluding hydrogens is 318 g/mol. The average Bonchev–Trinajstić information content (AvgIpc) is 3.14. The van der Waals surface area contributed by atoms with Crippen LogP contribution in [0, 0.1) is 0 Å². The Kier molecular flexibility index (Phi) is 8.34. The van der Waals surface area contributed by atoms with Crippen molar-refractivity contribution in [1.82, 2.24) is 20.2 Å². The van der Waals surface area contributed by atoms with Crippen LogP contribution in [0.5, 0.6) is 5.88 Å². The van der Waals surface area contributed by atoms with Crippen LogP contribution in [0.15, 0.2) is 47.8 Å². The van der Waals surface area contributed by atoms with E-state index < -0.39 is 0 Å². The van der Waals surface area contributed by atoms with Crippen LogP contribution in [0.1, 0.15) is 12.5 Å². The lowest BCUT2D eigenvalue weighted by Gasteiger charge is -2.12. The molecule has 2 rings (SSSR count). The molecule has 7 heteroatoms. The smallest absolute Gasteiger partial charge is 0.218 e. The number of methoxy groups -OCH3 is 1. The van der Waals surface area contributed by atoms with Crippen molar-refractivity contribution in [2.24, 2.45) is 4.99 Å². The summed E-state index contributed by atoms with van der Waals surface area (Å²) in [6, 6.07) is 7.90. The van der Waals surface area contributed by atoms with Crippen LogP contribution in [-0.2, 0) is 17.8 Å². The monoisotopic (exact) mass is 345 g/mol. The number of aliphatic imine (C=N–C) groups is 1. The zero-order chi connectivity index (χ0) is 17.7. The molecule has 2 N–H and O–H groups in total. The fourth-order valence-electron chi connectivity index (χ4n) is 2.22. The molecule has 2 aromatic rings. The van der Waals surface area contributed by atoms with Crippen molar-refractivity contribution in [3.63, 3.8) is 0 Å². The first-order chi connectivity index (χ1) is 12.3. The molecule has 0 aliphatic rings. The summed E-state index contributed by atoms with van der Waals surface area (Å²) < 4.78 is 12.8. The van der Waals surface area contributed by atoms with Crippen molar-refractivity contribution >= 4 is 5.96 Å². The summed E-state index contributed by atoms with van der Waals surface area (Å²) in [5, 5.41) is 6.59. The fraction of sp³-hybridized carbons (Fsp3) is 0.444. The van der Waals surface area contributed by atoms with Gasteiger partial charge in [0.15, 0.2) is 5.96 Å². The molecule has 0 amide bonds. The lowest BCUT2D eigenvalue weighted by molar-refractivity contribution is 0.143. The summed E-state index contributed by atoms with van der Waals surface area (Å²) in [6.45, 7) is 6.03. The van der Waals surface area contributed by atoms with Gasteiger partial charge in [0.25, 0.3) is 0 Å². The van der Waals surface area contributed by atoms with Crippen molar-refractivity contribution in [2.75, 3.05) is 33.4 Å². The quantitative estimate of drug-likeness (QED) is 0.389. The summed E-state index contributed by atoms with van der Waals surface area (Å²) in [7, 11) is 1.65. The highest BCUT2D eigenvalue weighted by Crippen LogP contribution is 2.15. The van der Waals surface area contributed by atoms with E-state index in [1.165, 1.54) is 0 Å². The van der Waals surface area contributed by atoms with Crippen molar-refractivity contribution < 1.29 is 9.47 Å². The largest absolute Gasteiger partial charge is 0.475 e. The lowest BCUT2D eigenvalue weighted by atomic mass is 10.3. The third kappa shape index (κ3) is 6.84. The first-order valence-electron chi connectivity index (χ1n) is 8.52. The average molecular weight is 345 g/mol. The first-order valence-corrected chi connectivity index (χ1v) is 8.52. The summed E-state index contributed by atoms with van der Waals surface area (Å²) in [4.78, 5) is 8.90. The van der Waals surface area contributed by atoms with Gasteiger partial charge >= 0.3 is 0 Å². The van der Waals surface area contributed by atoms with Crippen molar-refractivity contribution in [3.8, 4) is 5.88 Å². The highest BCUT2D eigenvalue weighted by Gasteiger charge is 2.05. The first kappa shape index (κ1) is 18.8. The van der Waals surface area contributed by atoms with Crippen LogP contribution >= 0.6 is 0 Å². The Hall–Kier alpha value is -2.54. The Balaban J connectivity index is 1.91. The Labute approximate surface area is 149 Å². The molecule has 0 unspecified atom stereocenters. The SMILES string of the molecule is CCNC(=NCc1cccnc1OCCOC)NCCn1cccc1. The van der Waals surface area contributed by atoms with Gasteiger partial charge in [-0.3, -0.25) is 0 Å². The molecule has 2 heterocycles. The molecule has 0 saturated heterocycles. The Bertz CT molecular complexity index is 628. The van der Waals surface area contributed by atoms with E-state index in [1.54, 1.807) is 13.3 Å². The highest BCUT2D eigenvalue weighted by molar-refractivity contribution is 5.79. The van der Waals surface area contributed by atoms with Crippen molar-refractivity contribution in [2.45, 2.75) is 20.0 Å². The second kappa shape index (κ2) is 11.1. The van der Waals surface area contributed by atoms with Crippen molar-refractivity contribution in [1.29, 1.82) is 0 Å². The summed E-state index contributed by atoms with van der Waals surface area (Å²) in [6.07, 6.45) is 5.81. The van der Waals surface area contributed by atoms with E-state index in [4.69, 9.17) is 9.47 Å². The molecule has 25 heavy (non-hydrogen) atoms. The predicted molar refractivity (Wildman–Crippen MR) is 98.9 cm³/mol. The molecular formula is C18H27N5O2. The predicted octanol–water partition coefficient (Wildman–Crippen LogP) is 1.66. The number of guanidine groups is 1. The van der Waals surface area contributed by atoms with E-state index in [2.05, 4.69) is 25.2 Å². The van der Waals surface area contributed by atoms with Crippen LogP contribution in [0.3, 0.4) is 0 Å². The molecule has 0 bridgehead atoms. The Morgan fingerprint density at radius 3 is 2.80 bits per heavy atom. The van der Waals surface area contributed by atoms with Crippen LogP contribution < -0.4 is 15.4 Å². The standard InChI is InChI=1S/C18H27N5O2/c1-3-19-18(21-9-12-23-10-4-5-11-23)22-15-16-7-6-8-20-17(16)25-14-13-24-2/h4-8,10-11H,3,9,12-15H2,1-2H3,(H2,19,21,22). The van der Waals surface area contributed by atoms with Gasteiger partial charge in [0.2, 0.25) is 5.88 Å². The van der Waals surface area contributed by atoms with Gasteiger partial charge in [-0.15, -0.1) is 0 Å². The van der Waals surface area contributed by atoms with Crippen LogP contribution in [-0.4, -0.2) is 48.9 Å². The zero-order valence-corrected chi connectivity index (χ0v) is 14.9. The number of pyridine rings is 1. The molecule has 0 radical (unpaired) electrons. The molecule has 2 aromatic heterocycles. The van der Waals surface area contributed by atoms with Crippen molar-refractivity contribution in [3.05, 3.63) is 48.4 Å². The number of hydrogen-bond donors (Lipinski definition) is 2. The van der Waals surface area contributed by atoms with Gasteiger partial charge in [-0.1, -0.05) is 6.07 Å². The topological polar surface area (TPSA) is 72.7 Å². The number of hydrogen-bond acceptors (Lipinski definition) is 4. The summed E-state index contributed by atoms with van der Waals surface area (Å²) >= 11 is 0. The molecule has 0 aliphatic heterocycles. The molecule has 0 saturated carbocycles. The van der Waals surface area contributed by atoms with Crippen LogP contribution in [0.2, 0.25) is 0 Å². The minimum absolute atomic E-state index is 0.472. The third-order valence-corrected chi connectivity index (χ3v) is 3.46.